The molecule has 1 saturated carbocycles. The third kappa shape index (κ3) is 10.2. The van der Waals surface area contributed by atoms with Crippen LogP contribution in [0.1, 0.15) is 117 Å². The van der Waals surface area contributed by atoms with Gasteiger partial charge in [-0.15, -0.1) is 0 Å². The Bertz CT molecular complexity index is 1350. The van der Waals surface area contributed by atoms with E-state index >= 15 is 0 Å². The van der Waals surface area contributed by atoms with E-state index in [0.29, 0.717) is 11.8 Å². The Hall–Kier alpha value is -2.92. The van der Waals surface area contributed by atoms with Crippen LogP contribution in [-0.2, 0) is 47.6 Å². The average molecular weight is 721 g/mol. The van der Waals surface area contributed by atoms with Gasteiger partial charge in [-0.25, -0.2) is 0 Å². The molecule has 0 aromatic carbocycles. The molecule has 0 spiro atoms. The number of hydrogen-bond acceptors (Lipinski definition) is 11. The quantitative estimate of drug-likeness (QED) is 0.112. The maximum atomic E-state index is 13.5. The normalized spacial score (nSPS) is 29.2. The lowest BCUT2D eigenvalue weighted by Gasteiger charge is -2.57. The van der Waals surface area contributed by atoms with Gasteiger partial charge in [0.2, 0.25) is 12.4 Å². The molecule has 11 heteroatoms. The molecule has 1 aliphatic heterocycles. The number of fused-ring (bicyclic) bond motifs is 1. The smallest absolute Gasteiger partial charge is 0.311 e. The summed E-state index contributed by atoms with van der Waals surface area (Å²) in [4.78, 5) is 53.2. The monoisotopic (exact) mass is 720 g/mol. The number of carbonyl (C=O) groups is 4. The standard InChI is InChI=1S/C40H64O11/c1-22(27(41)24-17-16-23-20-25(24)40(23,14)15)18-19-46-31-30(51-35(45)39(11,12)13)29(50-34(44)38(8,9)10)28(49-33(43)37(5,6)7)26(48-31)21-47-32(42)36(2,3)4/h17-19,22-23,25-31,41H,16,20-21H2,1-15H3/b19-18+/t22-,23+,25+,26-,27-,28-,29+,30-,31+/m1/s1. The predicted molar refractivity (Wildman–Crippen MR) is 191 cm³/mol. The van der Waals surface area contributed by atoms with E-state index in [0.717, 1.165) is 18.4 Å². The van der Waals surface area contributed by atoms with Crippen molar-refractivity contribution >= 4 is 23.9 Å². The number of aliphatic hydroxyl groups is 1. The molecule has 0 amide bonds. The molecule has 11 nitrogen and oxygen atoms in total. The first-order valence-corrected chi connectivity index (χ1v) is 18.2. The van der Waals surface area contributed by atoms with Crippen LogP contribution in [0.15, 0.2) is 24.0 Å². The van der Waals surface area contributed by atoms with E-state index in [1.165, 1.54) is 6.26 Å². The third-order valence-electron chi connectivity index (χ3n) is 10.1. The summed E-state index contributed by atoms with van der Waals surface area (Å²) in [6, 6.07) is 0. The summed E-state index contributed by atoms with van der Waals surface area (Å²) >= 11 is 0. The van der Waals surface area contributed by atoms with Gasteiger partial charge in [-0.05, 0) is 125 Å². The lowest BCUT2D eigenvalue weighted by molar-refractivity contribution is -0.301. The Morgan fingerprint density at radius 1 is 0.804 bits per heavy atom. The molecular weight excluding hydrogens is 656 g/mol. The molecule has 9 atom stereocenters. The van der Waals surface area contributed by atoms with Gasteiger partial charge in [-0.2, -0.15) is 0 Å². The van der Waals surface area contributed by atoms with Crippen LogP contribution in [-0.4, -0.2) is 72.4 Å². The minimum Gasteiger partial charge on any atom is -0.469 e. The fourth-order valence-electron chi connectivity index (χ4n) is 6.18. The number of rotatable bonds is 10. The lowest BCUT2D eigenvalue weighted by Crippen LogP contribution is -2.64. The summed E-state index contributed by atoms with van der Waals surface area (Å²) in [6.07, 6.45) is -0.254. The molecule has 1 heterocycles. The minimum absolute atomic E-state index is 0.142. The van der Waals surface area contributed by atoms with Gasteiger partial charge in [0.05, 0.1) is 34.0 Å². The average Bonchev–Trinajstić information content (AvgIpc) is 2.99. The first kappa shape index (κ1) is 42.5. The molecule has 1 saturated heterocycles. The highest BCUT2D eigenvalue weighted by molar-refractivity contribution is 5.78. The van der Waals surface area contributed by atoms with Crippen molar-refractivity contribution in [3.8, 4) is 0 Å². The molecule has 0 aromatic rings. The first-order chi connectivity index (χ1) is 23.1. The fraction of sp³-hybridized carbons (Fsp3) is 0.800. The van der Waals surface area contributed by atoms with Gasteiger partial charge in [0.15, 0.2) is 12.2 Å². The minimum atomic E-state index is -1.41. The molecule has 51 heavy (non-hydrogen) atoms. The molecule has 0 radical (unpaired) electrons. The van der Waals surface area contributed by atoms with Crippen molar-refractivity contribution < 1.29 is 52.7 Å². The van der Waals surface area contributed by atoms with Gasteiger partial charge in [-0.1, -0.05) is 26.8 Å². The second-order valence-corrected chi connectivity index (χ2v) is 19.3. The van der Waals surface area contributed by atoms with Crippen molar-refractivity contribution in [2.45, 2.75) is 154 Å². The lowest BCUT2D eigenvalue weighted by atomic mass is 9.48. The summed E-state index contributed by atoms with van der Waals surface area (Å²) in [5.74, 6) is -1.86. The fourth-order valence-corrected chi connectivity index (χ4v) is 6.18. The molecule has 1 N–H and O–H groups in total. The van der Waals surface area contributed by atoms with Crippen LogP contribution in [0.5, 0.6) is 0 Å². The van der Waals surface area contributed by atoms with E-state index in [1.54, 1.807) is 89.2 Å². The van der Waals surface area contributed by atoms with Crippen LogP contribution in [0, 0.1) is 44.8 Å². The van der Waals surface area contributed by atoms with Gasteiger partial charge in [-0.3, -0.25) is 19.2 Å². The number of allylic oxidation sites excluding steroid dienone is 1. The van der Waals surface area contributed by atoms with E-state index in [9.17, 15) is 24.3 Å². The molecule has 0 unspecified atom stereocenters. The molecule has 290 valence electrons. The zero-order valence-electron chi connectivity index (χ0n) is 33.6. The Kier molecular flexibility index (Phi) is 12.7. The van der Waals surface area contributed by atoms with Crippen molar-refractivity contribution in [2.75, 3.05) is 6.61 Å². The summed E-state index contributed by atoms with van der Waals surface area (Å²) in [7, 11) is 0. The highest BCUT2D eigenvalue weighted by atomic mass is 16.7. The van der Waals surface area contributed by atoms with Crippen molar-refractivity contribution in [3.05, 3.63) is 24.0 Å². The maximum Gasteiger partial charge on any atom is 0.311 e. The Morgan fingerprint density at radius 3 is 1.73 bits per heavy atom. The second kappa shape index (κ2) is 15.2. The molecule has 4 rings (SSSR count). The molecule has 4 aliphatic rings. The number of ether oxygens (including phenoxy) is 6. The van der Waals surface area contributed by atoms with Crippen molar-refractivity contribution in [2.24, 2.45) is 44.8 Å². The summed E-state index contributed by atoms with van der Waals surface area (Å²) in [6.45, 7) is 26.1. The number of esters is 4. The zero-order chi connectivity index (χ0) is 39.1. The second-order valence-electron chi connectivity index (χ2n) is 19.3. The molecular formula is C40H64O11. The Morgan fingerprint density at radius 2 is 1.27 bits per heavy atom. The van der Waals surface area contributed by atoms with Crippen LogP contribution >= 0.6 is 0 Å². The van der Waals surface area contributed by atoms with Crippen LogP contribution in [0.2, 0.25) is 0 Å². The third-order valence-corrected chi connectivity index (χ3v) is 10.1. The predicted octanol–water partition coefficient (Wildman–Crippen LogP) is 6.69. The summed E-state index contributed by atoms with van der Waals surface area (Å²) in [5.41, 5.74) is -2.62. The highest BCUT2D eigenvalue weighted by Crippen LogP contribution is 2.60. The van der Waals surface area contributed by atoms with Crippen LogP contribution in [0.4, 0.5) is 0 Å². The van der Waals surface area contributed by atoms with E-state index in [-0.39, 0.29) is 17.9 Å². The molecule has 0 aromatic heterocycles. The van der Waals surface area contributed by atoms with Crippen molar-refractivity contribution in [3.63, 3.8) is 0 Å². The van der Waals surface area contributed by atoms with Gasteiger partial charge >= 0.3 is 23.9 Å². The largest absolute Gasteiger partial charge is 0.469 e. The van der Waals surface area contributed by atoms with Crippen molar-refractivity contribution in [1.82, 2.24) is 0 Å². The van der Waals surface area contributed by atoms with E-state index < -0.39 is 82.3 Å². The van der Waals surface area contributed by atoms with E-state index in [4.69, 9.17) is 28.4 Å². The van der Waals surface area contributed by atoms with Gasteiger partial charge in [0.1, 0.15) is 12.7 Å². The topological polar surface area (TPSA) is 144 Å². The zero-order valence-corrected chi connectivity index (χ0v) is 33.6. The number of hydrogen-bond donors (Lipinski definition) is 1. The Labute approximate surface area is 305 Å². The van der Waals surface area contributed by atoms with Gasteiger partial charge in [0.25, 0.3) is 0 Å². The highest BCUT2D eigenvalue weighted by Gasteiger charge is 2.56. The summed E-state index contributed by atoms with van der Waals surface area (Å²) < 4.78 is 36.2. The SMILES string of the molecule is C[C@H](/C=C/O[C@H]1O[C@H](COC(=O)C(C)(C)C)[C@@H](OC(=O)C(C)(C)C)[C@H](OC(=O)C(C)(C)C)[C@H]1OC(=O)C(C)(C)C)[C@@H](O)C1=CC[C@H]2C[C@@H]1C2(C)C. The van der Waals surface area contributed by atoms with Crippen LogP contribution in [0.25, 0.3) is 0 Å². The van der Waals surface area contributed by atoms with Crippen LogP contribution in [0.3, 0.4) is 0 Å². The molecule has 2 bridgehead atoms. The van der Waals surface area contributed by atoms with Gasteiger partial charge in [0, 0.05) is 5.92 Å². The van der Waals surface area contributed by atoms with E-state index in [2.05, 4.69) is 19.9 Å². The number of carbonyl (C=O) groups excluding carboxylic acids is 4. The number of aliphatic hydroxyl groups excluding tert-OH is 1. The van der Waals surface area contributed by atoms with Gasteiger partial charge < -0.3 is 33.5 Å². The van der Waals surface area contributed by atoms with Crippen LogP contribution < -0.4 is 0 Å². The molecule has 3 aliphatic carbocycles. The maximum absolute atomic E-state index is 13.5. The molecule has 2 fully saturated rings. The van der Waals surface area contributed by atoms with Crippen molar-refractivity contribution in [1.29, 1.82) is 0 Å². The Balaban J connectivity index is 2.04. The summed E-state index contributed by atoms with van der Waals surface area (Å²) in [5, 5.41) is 11.4. The van der Waals surface area contributed by atoms with E-state index in [1.807, 2.05) is 6.92 Å². The first-order valence-electron chi connectivity index (χ1n) is 18.2.